The normalized spacial score (nSPS) is 9.09. The minimum atomic E-state index is 0. The van der Waals surface area contributed by atoms with Crippen LogP contribution in [0.5, 0.6) is 0 Å². The van der Waals surface area contributed by atoms with E-state index in [0.29, 0.717) is 10.0 Å². The average Bonchev–Trinajstić information content (AvgIpc) is 1.82. The Kier molecular flexibility index (Phi) is 5.21. The van der Waals surface area contributed by atoms with Crippen LogP contribution in [0, 0.1) is 19.9 Å². The Labute approximate surface area is 102 Å². The van der Waals surface area contributed by atoms with E-state index in [-0.39, 0.29) is 32.7 Å². The zero-order chi connectivity index (χ0) is 7.72. The third-order valence-electron chi connectivity index (χ3n) is 1.28. The summed E-state index contributed by atoms with van der Waals surface area (Å²) in [6.45, 7) is 3.87. The standard InChI is InChI=1S/C8H7Cl2.Y/c1-5-3-6(2)8(10)7(9)4-5;/h3H,1-2H3;/q-1;. The molecule has 0 aromatic heterocycles. The van der Waals surface area contributed by atoms with Crippen molar-refractivity contribution in [1.82, 2.24) is 0 Å². The van der Waals surface area contributed by atoms with Gasteiger partial charge in [0.05, 0.1) is 0 Å². The van der Waals surface area contributed by atoms with E-state index >= 15 is 0 Å². The molecule has 1 radical (unpaired) electrons. The van der Waals surface area contributed by atoms with Crippen LogP contribution in [0.1, 0.15) is 11.1 Å². The van der Waals surface area contributed by atoms with E-state index in [2.05, 4.69) is 6.07 Å². The molecule has 0 saturated carbocycles. The summed E-state index contributed by atoms with van der Waals surface area (Å²) in [7, 11) is 0. The van der Waals surface area contributed by atoms with Crippen molar-refractivity contribution in [3.63, 3.8) is 0 Å². The second kappa shape index (κ2) is 4.81. The monoisotopic (exact) mass is 262 g/mol. The van der Waals surface area contributed by atoms with Crippen molar-refractivity contribution >= 4 is 23.2 Å². The molecule has 0 atom stereocenters. The molecule has 0 aliphatic carbocycles. The summed E-state index contributed by atoms with van der Waals surface area (Å²) in [5.41, 5.74) is 2.02. The summed E-state index contributed by atoms with van der Waals surface area (Å²) < 4.78 is 0. The number of halogens is 2. The molecule has 0 amide bonds. The van der Waals surface area contributed by atoms with Gasteiger partial charge < -0.3 is 0 Å². The predicted octanol–water partition coefficient (Wildman–Crippen LogP) is 3.41. The fourth-order valence-corrected chi connectivity index (χ4v) is 1.23. The molecule has 0 saturated heterocycles. The molecule has 0 spiro atoms. The Morgan fingerprint density at radius 2 is 1.82 bits per heavy atom. The van der Waals surface area contributed by atoms with Crippen LogP contribution >= 0.6 is 23.2 Å². The molecule has 3 heteroatoms. The van der Waals surface area contributed by atoms with Crippen LogP contribution in [0.2, 0.25) is 10.0 Å². The van der Waals surface area contributed by atoms with Crippen LogP contribution < -0.4 is 0 Å². The van der Waals surface area contributed by atoms with Gasteiger partial charge in [-0.05, 0) is 5.02 Å². The van der Waals surface area contributed by atoms with Crippen molar-refractivity contribution in [3.05, 3.63) is 33.3 Å². The van der Waals surface area contributed by atoms with Gasteiger partial charge in [0.1, 0.15) is 0 Å². The molecule has 11 heavy (non-hydrogen) atoms. The second-order valence-corrected chi connectivity index (χ2v) is 3.02. The molecule has 1 aromatic rings. The molecule has 0 fully saturated rings. The van der Waals surface area contributed by atoms with Gasteiger partial charge in [-0.15, -0.1) is 17.2 Å². The number of hydrogen-bond donors (Lipinski definition) is 0. The summed E-state index contributed by atoms with van der Waals surface area (Å²) in [4.78, 5) is 0. The summed E-state index contributed by atoms with van der Waals surface area (Å²) in [6.07, 6.45) is 0. The fraction of sp³-hybridized carbons (Fsp3) is 0.250. The maximum absolute atomic E-state index is 5.79. The van der Waals surface area contributed by atoms with E-state index in [1.807, 2.05) is 19.9 Å². The van der Waals surface area contributed by atoms with Crippen LogP contribution in [0.4, 0.5) is 0 Å². The molecule has 1 aromatic carbocycles. The van der Waals surface area contributed by atoms with Crippen LogP contribution in [-0.2, 0) is 32.7 Å². The van der Waals surface area contributed by atoms with Crippen LogP contribution in [-0.4, -0.2) is 0 Å². The van der Waals surface area contributed by atoms with E-state index in [1.165, 1.54) is 0 Å². The first kappa shape index (κ1) is 11.9. The molecule has 0 unspecified atom stereocenters. The van der Waals surface area contributed by atoms with E-state index in [0.717, 1.165) is 11.1 Å². The quantitative estimate of drug-likeness (QED) is 0.629. The maximum atomic E-state index is 5.79. The smallest absolute Gasteiger partial charge is 0 e. The third kappa shape index (κ3) is 3.03. The summed E-state index contributed by atoms with van der Waals surface area (Å²) in [6, 6.07) is 4.87. The van der Waals surface area contributed by atoms with Gasteiger partial charge >= 0.3 is 0 Å². The SMILES string of the molecule is Cc1[c-]c(Cl)c(Cl)c(C)c1.[Y]. The Hall–Kier alpha value is 0.904. The molecule has 0 nitrogen and oxygen atoms in total. The fourth-order valence-electron chi connectivity index (χ4n) is 0.825. The molecule has 57 valence electrons. The van der Waals surface area contributed by atoms with Gasteiger partial charge in [-0.3, -0.25) is 0 Å². The third-order valence-corrected chi connectivity index (χ3v) is 2.15. The zero-order valence-corrected chi connectivity index (χ0v) is 10.8. The van der Waals surface area contributed by atoms with Crippen LogP contribution in [0.15, 0.2) is 6.07 Å². The molecular formula is C8H7Cl2Y-. The second-order valence-electron chi connectivity index (χ2n) is 2.26. The van der Waals surface area contributed by atoms with Crippen molar-refractivity contribution in [1.29, 1.82) is 0 Å². The average molecular weight is 263 g/mol. The number of aryl methyl sites for hydroxylation is 2. The number of hydrogen-bond acceptors (Lipinski definition) is 0. The first-order chi connectivity index (χ1) is 4.61. The van der Waals surface area contributed by atoms with Crippen molar-refractivity contribution < 1.29 is 32.7 Å². The zero-order valence-electron chi connectivity index (χ0n) is 6.41. The Morgan fingerprint density at radius 1 is 1.27 bits per heavy atom. The molecular weight excluding hydrogens is 256 g/mol. The predicted molar refractivity (Wildman–Crippen MR) is 44.8 cm³/mol. The van der Waals surface area contributed by atoms with E-state index in [9.17, 15) is 0 Å². The van der Waals surface area contributed by atoms with E-state index in [1.54, 1.807) is 0 Å². The van der Waals surface area contributed by atoms with Crippen molar-refractivity contribution in [3.8, 4) is 0 Å². The minimum absolute atomic E-state index is 0. The van der Waals surface area contributed by atoms with E-state index < -0.39 is 0 Å². The van der Waals surface area contributed by atoms with Gasteiger partial charge in [0, 0.05) is 32.7 Å². The molecule has 0 N–H and O–H groups in total. The Balaban J connectivity index is 0.000001000. The largest absolute Gasteiger partial charge is 0.165 e. The van der Waals surface area contributed by atoms with Gasteiger partial charge in [-0.25, -0.2) is 0 Å². The van der Waals surface area contributed by atoms with E-state index in [4.69, 9.17) is 23.2 Å². The Morgan fingerprint density at radius 3 is 2.27 bits per heavy atom. The first-order valence-electron chi connectivity index (χ1n) is 2.96. The van der Waals surface area contributed by atoms with Gasteiger partial charge in [0.15, 0.2) is 0 Å². The van der Waals surface area contributed by atoms with Gasteiger partial charge in [0.2, 0.25) is 0 Å². The molecule has 0 aliphatic heterocycles. The molecule has 0 heterocycles. The molecule has 0 bridgehead atoms. The first-order valence-corrected chi connectivity index (χ1v) is 3.71. The Bertz CT molecular complexity index is 235. The van der Waals surface area contributed by atoms with Crippen molar-refractivity contribution in [2.45, 2.75) is 13.8 Å². The van der Waals surface area contributed by atoms with Gasteiger partial charge in [-0.1, -0.05) is 18.9 Å². The number of rotatable bonds is 0. The minimum Gasteiger partial charge on any atom is -0.165 e. The molecule has 0 aliphatic rings. The summed E-state index contributed by atoms with van der Waals surface area (Å²) in [5.74, 6) is 0. The van der Waals surface area contributed by atoms with Crippen LogP contribution in [0.3, 0.4) is 0 Å². The summed E-state index contributed by atoms with van der Waals surface area (Å²) in [5, 5.41) is 1.12. The number of benzene rings is 1. The van der Waals surface area contributed by atoms with Gasteiger partial charge in [0.25, 0.3) is 0 Å². The van der Waals surface area contributed by atoms with Gasteiger partial charge in [-0.2, -0.15) is 29.3 Å². The topological polar surface area (TPSA) is 0 Å². The van der Waals surface area contributed by atoms with Crippen LogP contribution in [0.25, 0.3) is 0 Å². The summed E-state index contributed by atoms with van der Waals surface area (Å²) >= 11 is 11.5. The molecule has 1 rings (SSSR count). The maximum Gasteiger partial charge on any atom is 0 e. The van der Waals surface area contributed by atoms with Crippen molar-refractivity contribution in [2.24, 2.45) is 0 Å². The van der Waals surface area contributed by atoms with Crippen molar-refractivity contribution in [2.75, 3.05) is 0 Å².